The zero-order valence-corrected chi connectivity index (χ0v) is 14.5. The van der Waals surface area contributed by atoms with Gasteiger partial charge in [-0.1, -0.05) is 30.4 Å². The minimum absolute atomic E-state index is 0.179. The summed E-state index contributed by atoms with van der Waals surface area (Å²) in [4.78, 5) is 39.1. The molecule has 25 heavy (non-hydrogen) atoms. The van der Waals surface area contributed by atoms with Crippen LogP contribution in [-0.2, 0) is 20.8 Å². The second-order valence-corrected chi connectivity index (χ2v) is 8.38. The van der Waals surface area contributed by atoms with Gasteiger partial charge in [0, 0.05) is 0 Å². The summed E-state index contributed by atoms with van der Waals surface area (Å²) in [6.45, 7) is 1.72. The maximum Gasteiger partial charge on any atom is 0.246 e. The summed E-state index contributed by atoms with van der Waals surface area (Å²) in [7, 11) is 0. The molecule has 6 rings (SSSR count). The fraction of sp³-hybridized carbons (Fsp3) is 0.588. The quantitative estimate of drug-likeness (QED) is 0.643. The van der Waals surface area contributed by atoms with Crippen LogP contribution in [0.2, 0.25) is 0 Å². The Morgan fingerprint density at radius 1 is 1.20 bits per heavy atom. The molecule has 0 radical (unpaired) electrons. The average Bonchev–Trinajstić information content (AvgIpc) is 3.27. The van der Waals surface area contributed by atoms with Gasteiger partial charge >= 0.3 is 0 Å². The molecule has 1 aliphatic heterocycles. The molecular weight excluding hydrogens is 340 g/mol. The van der Waals surface area contributed by atoms with Crippen LogP contribution in [-0.4, -0.2) is 39.4 Å². The van der Waals surface area contributed by atoms with Crippen molar-refractivity contribution in [3.8, 4) is 0 Å². The van der Waals surface area contributed by atoms with Crippen LogP contribution >= 0.6 is 11.3 Å². The molecule has 2 heterocycles. The van der Waals surface area contributed by atoms with Crippen LogP contribution in [0.3, 0.4) is 0 Å². The lowest BCUT2D eigenvalue weighted by Crippen LogP contribution is -2.40. The summed E-state index contributed by atoms with van der Waals surface area (Å²) in [5.41, 5.74) is 0. The number of likely N-dealkylation sites (tertiary alicyclic amines) is 1. The van der Waals surface area contributed by atoms with Crippen molar-refractivity contribution in [2.24, 2.45) is 35.5 Å². The number of hydrogen-bond donors (Lipinski definition) is 1. The predicted octanol–water partition coefficient (Wildman–Crippen LogP) is 1.09. The minimum Gasteiger partial charge on any atom is -0.299 e. The normalized spacial score (nSPS) is 37.2. The number of aryl methyl sites for hydroxylation is 1. The smallest absolute Gasteiger partial charge is 0.246 e. The number of amides is 3. The Morgan fingerprint density at radius 3 is 2.40 bits per heavy atom. The number of rotatable bonds is 4. The first-order chi connectivity index (χ1) is 12.1. The molecule has 1 N–H and O–H groups in total. The van der Waals surface area contributed by atoms with E-state index < -0.39 is 5.91 Å². The van der Waals surface area contributed by atoms with Crippen molar-refractivity contribution in [2.45, 2.75) is 19.8 Å². The molecule has 0 spiro atoms. The highest BCUT2D eigenvalue weighted by Crippen LogP contribution is 2.65. The first kappa shape index (κ1) is 15.2. The molecule has 4 aliphatic carbocycles. The van der Waals surface area contributed by atoms with Gasteiger partial charge in [-0.15, -0.1) is 10.2 Å². The third-order valence-electron chi connectivity index (χ3n) is 6.07. The topological polar surface area (TPSA) is 92.3 Å². The molecule has 7 nitrogen and oxygen atoms in total. The summed E-state index contributed by atoms with van der Waals surface area (Å²) in [5, 5.41) is 11.7. The third-order valence-corrected chi connectivity index (χ3v) is 7.05. The van der Waals surface area contributed by atoms with Crippen LogP contribution in [0.25, 0.3) is 0 Å². The summed E-state index contributed by atoms with van der Waals surface area (Å²) in [6.07, 6.45) is 6.13. The van der Waals surface area contributed by atoms with Gasteiger partial charge in [-0.25, -0.2) is 0 Å². The zero-order valence-electron chi connectivity index (χ0n) is 13.7. The standard InChI is InChI=1S/C17H18N4O3S/c1-2-12-19-20-17(25-12)18-11(22)6-21-15(23)13-7-3-4-8(10-5-9(7)10)14(13)16(21)24/h3-4,7-10,13-14H,2,5-6H2,1H3,(H,18,20,22)/t7-,8-,9-,10-,13+,14+/m0/s1. The number of allylic oxidation sites excluding steroid dienone is 2. The Bertz CT molecular complexity index is 783. The van der Waals surface area contributed by atoms with Gasteiger partial charge in [-0.3, -0.25) is 24.6 Å². The lowest BCUT2D eigenvalue weighted by molar-refractivity contribution is -0.142. The van der Waals surface area contributed by atoms with E-state index in [9.17, 15) is 14.4 Å². The molecule has 1 aromatic rings. The molecule has 2 saturated carbocycles. The van der Waals surface area contributed by atoms with E-state index >= 15 is 0 Å². The van der Waals surface area contributed by atoms with E-state index in [1.165, 1.54) is 11.3 Å². The molecule has 0 unspecified atom stereocenters. The van der Waals surface area contributed by atoms with E-state index in [-0.39, 0.29) is 42.0 Å². The van der Waals surface area contributed by atoms with Crippen LogP contribution in [0.15, 0.2) is 12.2 Å². The van der Waals surface area contributed by atoms with E-state index in [2.05, 4.69) is 27.7 Å². The number of nitrogens with zero attached hydrogens (tertiary/aromatic N) is 3. The highest BCUT2D eigenvalue weighted by Gasteiger charge is 2.67. The van der Waals surface area contributed by atoms with E-state index in [0.717, 1.165) is 22.7 Å². The summed E-state index contributed by atoms with van der Waals surface area (Å²) in [6, 6.07) is 0. The fourth-order valence-corrected chi connectivity index (χ4v) is 5.62. The van der Waals surface area contributed by atoms with Gasteiger partial charge in [0.1, 0.15) is 11.6 Å². The molecule has 130 valence electrons. The SMILES string of the molecule is CCc1nnc(NC(=O)CN2C(=O)[C@@H]3[C@H]4C=C[C@@H]([C@@H]5C[C@@H]45)[C@H]3C2=O)s1. The van der Waals surface area contributed by atoms with Gasteiger partial charge in [-0.2, -0.15) is 0 Å². The first-order valence-electron chi connectivity index (χ1n) is 8.74. The maximum absolute atomic E-state index is 12.8. The number of aromatic nitrogens is 2. The highest BCUT2D eigenvalue weighted by molar-refractivity contribution is 7.15. The van der Waals surface area contributed by atoms with E-state index in [1.54, 1.807) is 0 Å². The second-order valence-electron chi connectivity index (χ2n) is 7.32. The molecule has 1 aromatic heterocycles. The largest absolute Gasteiger partial charge is 0.299 e. The van der Waals surface area contributed by atoms with Gasteiger partial charge in [0.25, 0.3) is 0 Å². The Hall–Kier alpha value is -2.09. The van der Waals surface area contributed by atoms with Crippen LogP contribution in [0.5, 0.6) is 0 Å². The lowest BCUT2D eigenvalue weighted by Gasteiger charge is -2.37. The number of imide groups is 1. The van der Waals surface area contributed by atoms with Crippen LogP contribution in [0.1, 0.15) is 18.4 Å². The summed E-state index contributed by atoms with van der Waals surface area (Å²) < 4.78 is 0. The first-order valence-corrected chi connectivity index (χ1v) is 9.56. The Balaban J connectivity index is 1.31. The molecule has 6 atom stereocenters. The summed E-state index contributed by atoms with van der Waals surface area (Å²) in [5.74, 6) is 0.220. The Labute approximate surface area is 148 Å². The van der Waals surface area contributed by atoms with Crippen molar-refractivity contribution < 1.29 is 14.4 Å². The third kappa shape index (κ3) is 2.13. The highest BCUT2D eigenvalue weighted by atomic mass is 32.1. The summed E-state index contributed by atoms with van der Waals surface area (Å²) >= 11 is 1.31. The van der Waals surface area contributed by atoms with Gasteiger partial charge < -0.3 is 0 Å². The van der Waals surface area contributed by atoms with Gasteiger partial charge in [0.15, 0.2) is 0 Å². The Kier molecular flexibility index (Phi) is 3.16. The molecule has 2 bridgehead atoms. The maximum atomic E-state index is 12.8. The van der Waals surface area contributed by atoms with Crippen molar-refractivity contribution >= 4 is 34.2 Å². The molecule has 1 saturated heterocycles. The van der Waals surface area contributed by atoms with Crippen LogP contribution < -0.4 is 5.32 Å². The molecule has 0 aromatic carbocycles. The number of carbonyl (C=O) groups excluding carboxylic acids is 3. The van der Waals surface area contributed by atoms with Crippen molar-refractivity contribution in [1.82, 2.24) is 15.1 Å². The van der Waals surface area contributed by atoms with Crippen molar-refractivity contribution in [3.63, 3.8) is 0 Å². The van der Waals surface area contributed by atoms with Crippen LogP contribution in [0.4, 0.5) is 5.13 Å². The van der Waals surface area contributed by atoms with E-state index in [0.29, 0.717) is 17.0 Å². The Morgan fingerprint density at radius 2 is 1.84 bits per heavy atom. The number of anilines is 1. The van der Waals surface area contributed by atoms with Crippen LogP contribution in [0, 0.1) is 35.5 Å². The molecule has 8 heteroatoms. The van der Waals surface area contributed by atoms with Crippen molar-refractivity contribution in [3.05, 3.63) is 17.2 Å². The van der Waals surface area contributed by atoms with Gasteiger partial charge in [0.2, 0.25) is 22.9 Å². The lowest BCUT2D eigenvalue weighted by atomic mass is 9.63. The molecule has 3 amide bonds. The van der Waals surface area contributed by atoms with Crippen molar-refractivity contribution in [1.29, 1.82) is 0 Å². The van der Waals surface area contributed by atoms with Gasteiger partial charge in [-0.05, 0) is 36.5 Å². The zero-order chi connectivity index (χ0) is 17.3. The second kappa shape index (κ2) is 5.20. The number of nitrogens with one attached hydrogen (secondary N) is 1. The average molecular weight is 358 g/mol. The number of carbonyl (C=O) groups is 3. The van der Waals surface area contributed by atoms with E-state index in [4.69, 9.17) is 0 Å². The fourth-order valence-electron chi connectivity index (χ4n) is 4.92. The van der Waals surface area contributed by atoms with Crippen molar-refractivity contribution in [2.75, 3.05) is 11.9 Å². The van der Waals surface area contributed by atoms with Gasteiger partial charge in [0.05, 0.1) is 11.8 Å². The molecule has 5 aliphatic rings. The predicted molar refractivity (Wildman–Crippen MR) is 89.3 cm³/mol. The minimum atomic E-state index is -0.399. The van der Waals surface area contributed by atoms with E-state index in [1.807, 2.05) is 6.92 Å². The molecule has 3 fully saturated rings. The molecular formula is C17H18N4O3S. The monoisotopic (exact) mass is 358 g/mol. The number of hydrogen-bond acceptors (Lipinski definition) is 6.